The highest BCUT2D eigenvalue weighted by Crippen LogP contribution is 2.30. The molecule has 1 aromatic rings. The Balaban J connectivity index is 0.00000182. The number of para-hydroxylation sites is 1. The molecule has 1 aromatic carbocycles. The van der Waals surface area contributed by atoms with Gasteiger partial charge in [0.05, 0.1) is 31.2 Å². The summed E-state index contributed by atoms with van der Waals surface area (Å²) in [5.41, 5.74) is 0.992. The van der Waals surface area contributed by atoms with Gasteiger partial charge in [0.2, 0.25) is 5.91 Å². The highest BCUT2D eigenvalue weighted by molar-refractivity contribution is 7.91. The van der Waals surface area contributed by atoms with Gasteiger partial charge in [0.1, 0.15) is 5.75 Å². The number of amides is 1. The Morgan fingerprint density at radius 2 is 1.85 bits per heavy atom. The van der Waals surface area contributed by atoms with E-state index in [9.17, 15) is 13.2 Å². The molecule has 1 unspecified atom stereocenters. The minimum atomic E-state index is -2.93. The lowest BCUT2D eigenvalue weighted by Crippen LogP contribution is -2.53. The van der Waals surface area contributed by atoms with Crippen molar-refractivity contribution < 1.29 is 17.9 Å². The fourth-order valence-corrected chi connectivity index (χ4v) is 4.69. The molecule has 0 saturated carbocycles. The van der Waals surface area contributed by atoms with E-state index in [0.717, 1.165) is 17.9 Å². The third-order valence-corrected chi connectivity index (χ3v) is 6.47. The van der Waals surface area contributed by atoms with Crippen molar-refractivity contribution in [3.8, 4) is 5.75 Å². The first-order valence-corrected chi connectivity index (χ1v) is 10.4. The van der Waals surface area contributed by atoms with Crippen LogP contribution in [0.1, 0.15) is 11.6 Å². The van der Waals surface area contributed by atoms with Crippen LogP contribution in [0.3, 0.4) is 0 Å². The van der Waals surface area contributed by atoms with Crippen molar-refractivity contribution in [3.63, 3.8) is 0 Å². The minimum Gasteiger partial charge on any atom is -0.496 e. The molecule has 2 aliphatic rings. The maximum Gasteiger partial charge on any atom is 0.237 e. The molecule has 3 rings (SSSR count). The molecule has 10 heteroatoms. The molecule has 2 aliphatic heterocycles. The lowest BCUT2D eigenvalue weighted by Gasteiger charge is -2.38. The number of hydrogen-bond acceptors (Lipinski definition) is 6. The summed E-state index contributed by atoms with van der Waals surface area (Å²) in [6, 6.07) is 7.68. The normalized spacial score (nSPS) is 22.3. The third-order valence-electron chi connectivity index (χ3n) is 4.86. The predicted octanol–water partition coefficient (Wildman–Crippen LogP) is 0.742. The number of nitrogens with one attached hydrogen (secondary N) is 1. The molecule has 0 aliphatic carbocycles. The number of ether oxygens (including phenoxy) is 1. The second-order valence-corrected chi connectivity index (χ2v) is 8.78. The number of halogens is 2. The summed E-state index contributed by atoms with van der Waals surface area (Å²) in [7, 11) is -1.30. The van der Waals surface area contributed by atoms with Crippen molar-refractivity contribution in [2.75, 3.05) is 57.9 Å². The first kappa shape index (κ1) is 24.0. The lowest BCUT2D eigenvalue weighted by molar-refractivity contribution is -0.135. The van der Waals surface area contributed by atoms with Gasteiger partial charge in [-0.15, -0.1) is 24.8 Å². The van der Waals surface area contributed by atoms with E-state index in [0.29, 0.717) is 26.2 Å². The highest BCUT2D eigenvalue weighted by Gasteiger charge is 2.31. The summed E-state index contributed by atoms with van der Waals surface area (Å²) in [6.07, 6.45) is 0. The summed E-state index contributed by atoms with van der Waals surface area (Å²) in [6.45, 7) is 3.19. The Morgan fingerprint density at radius 3 is 2.52 bits per heavy atom. The van der Waals surface area contributed by atoms with Crippen LogP contribution in [0.4, 0.5) is 0 Å². The summed E-state index contributed by atoms with van der Waals surface area (Å²) in [5, 5.41) is 3.34. The van der Waals surface area contributed by atoms with Crippen molar-refractivity contribution in [1.82, 2.24) is 15.1 Å². The zero-order valence-corrected chi connectivity index (χ0v) is 17.7. The number of hydrogen-bond donors (Lipinski definition) is 1. The van der Waals surface area contributed by atoms with Crippen LogP contribution >= 0.6 is 24.8 Å². The first-order chi connectivity index (χ1) is 12.0. The van der Waals surface area contributed by atoms with Crippen molar-refractivity contribution in [2.24, 2.45) is 0 Å². The molecule has 0 aromatic heterocycles. The average Bonchev–Trinajstić information content (AvgIpc) is 2.63. The molecular formula is C17H27Cl2N3O4S. The van der Waals surface area contributed by atoms with Crippen LogP contribution in [0.25, 0.3) is 0 Å². The van der Waals surface area contributed by atoms with Crippen molar-refractivity contribution in [1.29, 1.82) is 0 Å². The van der Waals surface area contributed by atoms with Crippen molar-refractivity contribution in [3.05, 3.63) is 29.8 Å². The Kier molecular flexibility index (Phi) is 9.30. The second-order valence-electron chi connectivity index (χ2n) is 6.48. The zero-order valence-electron chi connectivity index (χ0n) is 15.3. The zero-order chi connectivity index (χ0) is 17.9. The fourth-order valence-electron chi connectivity index (χ4n) is 3.41. The average molecular weight is 440 g/mol. The lowest BCUT2D eigenvalue weighted by atomic mass is 10.0. The minimum absolute atomic E-state index is 0. The van der Waals surface area contributed by atoms with Gasteiger partial charge >= 0.3 is 0 Å². The molecule has 154 valence electrons. The number of sulfone groups is 1. The molecule has 2 saturated heterocycles. The predicted molar refractivity (Wildman–Crippen MR) is 110 cm³/mol. The van der Waals surface area contributed by atoms with E-state index in [-0.39, 0.29) is 54.8 Å². The van der Waals surface area contributed by atoms with Crippen LogP contribution in [-0.4, -0.2) is 82.0 Å². The van der Waals surface area contributed by atoms with Crippen LogP contribution in [0, 0.1) is 0 Å². The van der Waals surface area contributed by atoms with Crippen molar-refractivity contribution >= 4 is 40.6 Å². The number of carbonyl (C=O) groups excluding carboxylic acids is 1. The van der Waals surface area contributed by atoms with E-state index in [2.05, 4.69) is 5.32 Å². The summed E-state index contributed by atoms with van der Waals surface area (Å²) < 4.78 is 28.6. The van der Waals surface area contributed by atoms with Gasteiger partial charge in [0, 0.05) is 38.3 Å². The van der Waals surface area contributed by atoms with E-state index >= 15 is 0 Å². The van der Waals surface area contributed by atoms with Crippen LogP contribution in [0.2, 0.25) is 0 Å². The van der Waals surface area contributed by atoms with Gasteiger partial charge in [-0.1, -0.05) is 18.2 Å². The van der Waals surface area contributed by atoms with Gasteiger partial charge in [-0.25, -0.2) is 8.42 Å². The first-order valence-electron chi connectivity index (χ1n) is 8.56. The molecule has 2 heterocycles. The van der Waals surface area contributed by atoms with Crippen LogP contribution < -0.4 is 10.1 Å². The number of methoxy groups -OCH3 is 1. The molecule has 1 atom stereocenters. The van der Waals surface area contributed by atoms with Gasteiger partial charge in [-0.2, -0.15) is 0 Å². The molecule has 2 fully saturated rings. The molecular weight excluding hydrogens is 413 g/mol. The standard InChI is InChI=1S/C17H25N3O4S.2ClH/c1-24-16-5-3-2-4-14(16)15-12-18-6-7-20(15)17(21)13-19-8-10-25(22,23)11-9-19;;/h2-5,15,18H,6-13H2,1H3;2*1H. The number of nitrogens with zero attached hydrogens (tertiary/aromatic N) is 2. The molecule has 0 spiro atoms. The van der Waals surface area contributed by atoms with E-state index in [4.69, 9.17) is 4.74 Å². The Hall–Kier alpha value is -1.06. The fraction of sp³-hybridized carbons (Fsp3) is 0.588. The number of benzene rings is 1. The van der Waals surface area contributed by atoms with Crippen LogP contribution in [-0.2, 0) is 14.6 Å². The SMILES string of the molecule is COc1ccccc1C1CNCCN1C(=O)CN1CCS(=O)(=O)CC1.Cl.Cl. The quantitative estimate of drug-likeness (QED) is 0.745. The van der Waals surface area contributed by atoms with Crippen molar-refractivity contribution in [2.45, 2.75) is 6.04 Å². The molecule has 7 nitrogen and oxygen atoms in total. The molecule has 1 amide bonds. The number of rotatable bonds is 4. The highest BCUT2D eigenvalue weighted by atomic mass is 35.5. The van der Waals surface area contributed by atoms with Gasteiger partial charge in [-0.05, 0) is 6.07 Å². The van der Waals surface area contributed by atoms with E-state index in [1.54, 1.807) is 7.11 Å². The largest absolute Gasteiger partial charge is 0.496 e. The summed E-state index contributed by atoms with van der Waals surface area (Å²) >= 11 is 0. The summed E-state index contributed by atoms with van der Waals surface area (Å²) in [5.74, 6) is 1.09. The molecule has 0 radical (unpaired) electrons. The van der Waals surface area contributed by atoms with Gasteiger partial charge in [0.25, 0.3) is 0 Å². The monoisotopic (exact) mass is 439 g/mol. The van der Waals surface area contributed by atoms with Gasteiger partial charge in [0.15, 0.2) is 9.84 Å². The van der Waals surface area contributed by atoms with Crippen LogP contribution in [0.15, 0.2) is 24.3 Å². The Bertz CT molecular complexity index is 719. The molecule has 0 bridgehead atoms. The number of piperazine rings is 1. The second kappa shape index (κ2) is 10.5. The van der Waals surface area contributed by atoms with Gasteiger partial charge < -0.3 is 15.0 Å². The Morgan fingerprint density at radius 1 is 1.19 bits per heavy atom. The molecule has 1 N–H and O–H groups in total. The van der Waals surface area contributed by atoms with E-state index < -0.39 is 9.84 Å². The Labute approximate surface area is 173 Å². The van der Waals surface area contributed by atoms with E-state index in [1.165, 1.54) is 0 Å². The van der Waals surface area contributed by atoms with Crippen LogP contribution in [0.5, 0.6) is 5.75 Å². The number of carbonyl (C=O) groups is 1. The summed E-state index contributed by atoms with van der Waals surface area (Å²) in [4.78, 5) is 16.7. The smallest absolute Gasteiger partial charge is 0.237 e. The maximum absolute atomic E-state index is 12.9. The van der Waals surface area contributed by atoms with Gasteiger partial charge in [-0.3, -0.25) is 9.69 Å². The van der Waals surface area contributed by atoms with E-state index in [1.807, 2.05) is 34.1 Å². The molecule has 27 heavy (non-hydrogen) atoms. The third kappa shape index (κ3) is 5.96. The topological polar surface area (TPSA) is 79.0 Å². The maximum atomic E-state index is 12.9.